The third-order valence-corrected chi connectivity index (χ3v) is 8.08. The number of ether oxygens (including phenoxy) is 2. The first kappa shape index (κ1) is 20.6. The van der Waals surface area contributed by atoms with Crippen molar-refractivity contribution in [3.8, 4) is 11.5 Å². The summed E-state index contributed by atoms with van der Waals surface area (Å²) in [6.07, 6.45) is 1.98. The molecule has 1 amide bonds. The maximum Gasteiger partial charge on any atom is 0.233 e. The lowest BCUT2D eigenvalue weighted by molar-refractivity contribution is -0.129. The number of rotatable bonds is 7. The first-order valence-electron chi connectivity index (χ1n) is 9.52. The lowest BCUT2D eigenvalue weighted by Crippen LogP contribution is -2.32. The fraction of sp³-hybridized carbons (Fsp3) is 0.450. The van der Waals surface area contributed by atoms with Crippen LogP contribution in [0, 0.1) is 0 Å². The quantitative estimate of drug-likeness (QED) is 0.457. The molecule has 0 aliphatic carbocycles. The minimum Gasteiger partial charge on any atom is -0.486 e. The van der Waals surface area contributed by atoms with E-state index in [1.807, 2.05) is 30.0 Å². The number of amides is 1. The zero-order valence-electron chi connectivity index (χ0n) is 16.3. The van der Waals surface area contributed by atoms with E-state index in [0.717, 1.165) is 56.5 Å². The first-order chi connectivity index (χ1) is 14.1. The van der Waals surface area contributed by atoms with Gasteiger partial charge in [-0.1, -0.05) is 53.1 Å². The Morgan fingerprint density at radius 3 is 2.69 bits per heavy atom. The van der Waals surface area contributed by atoms with E-state index in [-0.39, 0.29) is 11.9 Å². The number of hydrogen-bond donors (Lipinski definition) is 0. The Balaban J connectivity index is 1.36. The third kappa shape index (κ3) is 5.07. The molecule has 1 saturated heterocycles. The highest BCUT2D eigenvalue weighted by Crippen LogP contribution is 2.38. The van der Waals surface area contributed by atoms with Gasteiger partial charge in [0.2, 0.25) is 5.91 Å². The monoisotopic (exact) mass is 449 g/mol. The van der Waals surface area contributed by atoms with Crippen LogP contribution in [0.1, 0.15) is 31.4 Å². The second-order valence-corrected chi connectivity index (χ2v) is 10.4. The number of fused-ring (bicyclic) bond motifs is 1. The lowest BCUT2D eigenvalue weighted by atomic mass is 10.0. The molecular formula is C20H23N3O3S3. The second kappa shape index (κ2) is 9.40. The van der Waals surface area contributed by atoms with Crippen LogP contribution in [0.4, 0.5) is 0 Å². The number of nitrogens with zero attached hydrogens (tertiary/aromatic N) is 3. The maximum atomic E-state index is 12.9. The van der Waals surface area contributed by atoms with Gasteiger partial charge in [0.1, 0.15) is 13.2 Å². The molecular weight excluding hydrogens is 426 g/mol. The zero-order chi connectivity index (χ0) is 20.2. The summed E-state index contributed by atoms with van der Waals surface area (Å²) in [6.45, 7) is 7.83. The fourth-order valence-corrected chi connectivity index (χ4v) is 6.13. The molecule has 6 nitrogen and oxygen atoms in total. The van der Waals surface area contributed by atoms with E-state index in [1.54, 1.807) is 11.8 Å². The molecule has 2 aliphatic rings. The largest absolute Gasteiger partial charge is 0.486 e. The van der Waals surface area contributed by atoms with E-state index in [9.17, 15) is 4.79 Å². The molecule has 1 aromatic heterocycles. The highest BCUT2D eigenvalue weighted by molar-refractivity contribution is 8.03. The van der Waals surface area contributed by atoms with Crippen molar-refractivity contribution in [1.29, 1.82) is 0 Å². The van der Waals surface area contributed by atoms with E-state index in [1.165, 1.54) is 23.1 Å². The Kier molecular flexibility index (Phi) is 6.67. The van der Waals surface area contributed by atoms with E-state index in [4.69, 9.17) is 9.47 Å². The predicted octanol–water partition coefficient (Wildman–Crippen LogP) is 4.43. The lowest BCUT2D eigenvalue weighted by Gasteiger charge is -2.26. The zero-order valence-corrected chi connectivity index (χ0v) is 18.7. The highest BCUT2D eigenvalue weighted by atomic mass is 32.2. The van der Waals surface area contributed by atoms with Gasteiger partial charge in [0.15, 0.2) is 20.2 Å². The number of benzene rings is 1. The van der Waals surface area contributed by atoms with Gasteiger partial charge in [-0.25, -0.2) is 0 Å². The topological polar surface area (TPSA) is 64.6 Å². The van der Waals surface area contributed by atoms with Gasteiger partial charge in [-0.15, -0.1) is 10.2 Å². The summed E-state index contributed by atoms with van der Waals surface area (Å²) in [5, 5.41) is 8.38. The molecule has 0 N–H and O–H groups in total. The van der Waals surface area contributed by atoms with Crippen LogP contribution < -0.4 is 9.47 Å². The van der Waals surface area contributed by atoms with Crippen molar-refractivity contribution >= 4 is 40.8 Å². The SMILES string of the molecule is C=C(C)CSc1nnc(SCC(=O)N2CCCC2c2ccc3c(c2)OCCO3)s1. The number of thioether (sulfide) groups is 2. The normalized spacial score (nSPS) is 18.1. The molecule has 0 radical (unpaired) electrons. The van der Waals surface area contributed by atoms with Crippen LogP contribution >= 0.6 is 34.9 Å². The van der Waals surface area contributed by atoms with Gasteiger partial charge in [0, 0.05) is 12.3 Å². The average molecular weight is 450 g/mol. The van der Waals surface area contributed by atoms with E-state index in [2.05, 4.69) is 16.8 Å². The molecule has 1 atom stereocenters. The summed E-state index contributed by atoms with van der Waals surface area (Å²) in [5.74, 6) is 2.90. The van der Waals surface area contributed by atoms with Crippen molar-refractivity contribution in [2.45, 2.75) is 34.5 Å². The smallest absolute Gasteiger partial charge is 0.233 e. The number of carbonyl (C=O) groups is 1. The van der Waals surface area contributed by atoms with Crippen LogP contribution in [0.3, 0.4) is 0 Å². The number of aromatic nitrogens is 2. The van der Waals surface area contributed by atoms with Crippen LogP contribution in [0.15, 0.2) is 39.0 Å². The summed E-state index contributed by atoms with van der Waals surface area (Å²) in [6, 6.07) is 6.11. The molecule has 1 aromatic carbocycles. The molecule has 0 bridgehead atoms. The van der Waals surface area contributed by atoms with Crippen molar-refractivity contribution in [3.05, 3.63) is 35.9 Å². The molecule has 1 fully saturated rings. The maximum absolute atomic E-state index is 12.9. The Hall–Kier alpha value is -1.71. The van der Waals surface area contributed by atoms with Gasteiger partial charge in [-0.05, 0) is 37.5 Å². The molecule has 154 valence electrons. The standard InChI is InChI=1S/C20H23N3O3S3/c1-13(2)11-27-19-21-22-20(29-19)28-12-18(24)23-7-3-4-15(23)14-5-6-16-17(10-14)26-9-8-25-16/h5-6,10,15H,1,3-4,7-9,11-12H2,2H3. The summed E-state index contributed by atoms with van der Waals surface area (Å²) in [5.41, 5.74) is 2.22. The van der Waals surface area contributed by atoms with Crippen LogP contribution in [0.2, 0.25) is 0 Å². The van der Waals surface area contributed by atoms with Gasteiger partial charge >= 0.3 is 0 Å². The van der Waals surface area contributed by atoms with Gasteiger partial charge in [0.25, 0.3) is 0 Å². The van der Waals surface area contributed by atoms with Crippen molar-refractivity contribution in [2.75, 3.05) is 31.3 Å². The minimum atomic E-state index is 0.0926. The molecule has 4 rings (SSSR count). The van der Waals surface area contributed by atoms with Crippen LogP contribution in [-0.4, -0.2) is 52.3 Å². The molecule has 9 heteroatoms. The van der Waals surface area contributed by atoms with Crippen molar-refractivity contribution in [2.24, 2.45) is 0 Å². The van der Waals surface area contributed by atoms with E-state index < -0.39 is 0 Å². The molecule has 0 spiro atoms. The molecule has 1 unspecified atom stereocenters. The third-order valence-electron chi connectivity index (χ3n) is 4.67. The highest BCUT2D eigenvalue weighted by Gasteiger charge is 2.31. The Morgan fingerprint density at radius 1 is 1.21 bits per heavy atom. The average Bonchev–Trinajstić information content (AvgIpc) is 3.40. The van der Waals surface area contributed by atoms with E-state index in [0.29, 0.717) is 19.0 Å². The summed E-state index contributed by atoms with van der Waals surface area (Å²) in [4.78, 5) is 14.9. The van der Waals surface area contributed by atoms with Crippen LogP contribution in [-0.2, 0) is 4.79 Å². The summed E-state index contributed by atoms with van der Waals surface area (Å²) >= 11 is 4.63. The molecule has 3 heterocycles. The first-order valence-corrected chi connectivity index (χ1v) is 12.3. The van der Waals surface area contributed by atoms with Crippen LogP contribution in [0.25, 0.3) is 0 Å². The predicted molar refractivity (Wildman–Crippen MR) is 117 cm³/mol. The molecule has 0 saturated carbocycles. The second-order valence-electron chi connectivity index (χ2n) is 7.02. The summed E-state index contributed by atoms with van der Waals surface area (Å²) < 4.78 is 13.1. The number of likely N-dealkylation sites (tertiary alicyclic amines) is 1. The Morgan fingerprint density at radius 2 is 1.93 bits per heavy atom. The minimum absolute atomic E-state index is 0.0926. The Bertz CT molecular complexity index is 902. The van der Waals surface area contributed by atoms with Gasteiger partial charge in [-0.3, -0.25) is 4.79 Å². The van der Waals surface area contributed by atoms with Gasteiger partial charge < -0.3 is 14.4 Å². The summed E-state index contributed by atoms with van der Waals surface area (Å²) in [7, 11) is 0. The van der Waals surface area contributed by atoms with Crippen molar-refractivity contribution < 1.29 is 14.3 Å². The number of carbonyl (C=O) groups excluding carboxylic acids is 1. The van der Waals surface area contributed by atoms with Crippen molar-refractivity contribution in [1.82, 2.24) is 15.1 Å². The van der Waals surface area contributed by atoms with Crippen LogP contribution in [0.5, 0.6) is 11.5 Å². The molecule has 2 aromatic rings. The van der Waals surface area contributed by atoms with E-state index >= 15 is 0 Å². The number of hydrogen-bond acceptors (Lipinski definition) is 8. The fourth-order valence-electron chi connectivity index (χ4n) is 3.38. The molecule has 29 heavy (non-hydrogen) atoms. The van der Waals surface area contributed by atoms with Crippen molar-refractivity contribution in [3.63, 3.8) is 0 Å². The molecule has 2 aliphatic heterocycles. The Labute approximate surface area is 183 Å². The van der Waals surface area contributed by atoms with Gasteiger partial charge in [0.05, 0.1) is 11.8 Å². The van der Waals surface area contributed by atoms with Gasteiger partial charge in [-0.2, -0.15) is 0 Å².